The van der Waals surface area contributed by atoms with E-state index in [1.807, 2.05) is 12.1 Å². The second-order valence-corrected chi connectivity index (χ2v) is 8.72. The van der Waals surface area contributed by atoms with E-state index in [2.05, 4.69) is 4.72 Å². The number of nitrogens with one attached hydrogen (secondary N) is 2. The summed E-state index contributed by atoms with van der Waals surface area (Å²) in [7, 11) is -3.36. The van der Waals surface area contributed by atoms with Crippen molar-refractivity contribution in [3.63, 3.8) is 0 Å². The molecular formula is C18H29N2O2S+. The lowest BCUT2D eigenvalue weighted by molar-refractivity contribution is -0.904. The van der Waals surface area contributed by atoms with E-state index in [9.17, 15) is 8.42 Å². The molecule has 1 aromatic rings. The first-order chi connectivity index (χ1) is 11.1. The van der Waals surface area contributed by atoms with E-state index in [4.69, 9.17) is 0 Å². The van der Waals surface area contributed by atoms with Crippen LogP contribution in [0, 0.1) is 0 Å². The molecule has 3 rings (SSSR count). The number of hydrogen-bond acceptors (Lipinski definition) is 2. The van der Waals surface area contributed by atoms with Gasteiger partial charge in [-0.1, -0.05) is 6.07 Å². The van der Waals surface area contributed by atoms with Crippen LogP contribution in [0.3, 0.4) is 0 Å². The number of benzene rings is 1. The average Bonchev–Trinajstić information content (AvgIpc) is 2.59. The Balaban J connectivity index is 1.52. The fraction of sp³-hybridized carbons (Fsp3) is 0.667. The van der Waals surface area contributed by atoms with Crippen LogP contribution in [-0.2, 0) is 22.9 Å². The molecule has 1 aliphatic carbocycles. The van der Waals surface area contributed by atoms with Crippen LogP contribution in [0.25, 0.3) is 0 Å². The minimum atomic E-state index is -3.36. The van der Waals surface area contributed by atoms with Crippen LogP contribution >= 0.6 is 0 Å². The van der Waals surface area contributed by atoms with Gasteiger partial charge in [0.05, 0.1) is 24.5 Å². The lowest BCUT2D eigenvalue weighted by Gasteiger charge is -2.23. The third kappa shape index (κ3) is 4.55. The number of sulfonamides is 1. The number of aryl methyl sites for hydroxylation is 2. The van der Waals surface area contributed by atoms with E-state index in [0.717, 1.165) is 25.8 Å². The highest BCUT2D eigenvalue weighted by Crippen LogP contribution is 2.23. The molecule has 128 valence electrons. The predicted molar refractivity (Wildman–Crippen MR) is 92.3 cm³/mol. The van der Waals surface area contributed by atoms with Crippen molar-refractivity contribution in [2.24, 2.45) is 0 Å². The highest BCUT2D eigenvalue weighted by atomic mass is 32.2. The van der Waals surface area contributed by atoms with Gasteiger partial charge in [0.2, 0.25) is 10.0 Å². The molecule has 1 aliphatic heterocycles. The van der Waals surface area contributed by atoms with Crippen molar-refractivity contribution in [1.82, 2.24) is 4.72 Å². The van der Waals surface area contributed by atoms with Crippen molar-refractivity contribution in [1.29, 1.82) is 0 Å². The number of fused-ring (bicyclic) bond motifs is 1. The highest BCUT2D eigenvalue weighted by Gasteiger charge is 2.18. The second-order valence-electron chi connectivity index (χ2n) is 6.95. The SMILES string of the molecule is O=S(=O)(NCCC[NH+]1CCCCC1)c1ccc2c(c1)CCCC2. The molecule has 1 heterocycles. The quantitative estimate of drug-likeness (QED) is 0.769. The van der Waals surface area contributed by atoms with Crippen molar-refractivity contribution in [3.8, 4) is 0 Å². The summed E-state index contributed by atoms with van der Waals surface area (Å²) < 4.78 is 27.7. The molecular weight excluding hydrogens is 308 g/mol. The third-order valence-corrected chi connectivity index (χ3v) is 6.65. The molecule has 0 aromatic heterocycles. The molecule has 0 unspecified atom stereocenters. The molecule has 5 heteroatoms. The Hall–Kier alpha value is -0.910. The Morgan fingerprint density at radius 2 is 1.70 bits per heavy atom. The van der Waals surface area contributed by atoms with Crippen LogP contribution in [-0.4, -0.2) is 34.6 Å². The first-order valence-electron chi connectivity index (χ1n) is 9.10. The molecule has 0 spiro atoms. The second kappa shape index (κ2) is 7.77. The molecule has 2 aliphatic rings. The summed E-state index contributed by atoms with van der Waals surface area (Å²) in [6, 6.07) is 5.65. The molecule has 2 N–H and O–H groups in total. The molecule has 0 amide bonds. The van der Waals surface area contributed by atoms with Crippen molar-refractivity contribution < 1.29 is 13.3 Å². The van der Waals surface area contributed by atoms with Crippen molar-refractivity contribution in [3.05, 3.63) is 29.3 Å². The standard InChI is InChI=1S/C18H28N2O2S/c21-23(22,19-11-6-14-20-12-4-1-5-13-20)18-10-9-16-7-2-3-8-17(16)15-18/h9-10,15,19H,1-8,11-14H2/p+1. The average molecular weight is 338 g/mol. The normalized spacial score (nSPS) is 19.5. The summed E-state index contributed by atoms with van der Waals surface area (Å²) in [5.74, 6) is 0. The van der Waals surface area contributed by atoms with Gasteiger partial charge in [-0.2, -0.15) is 0 Å². The van der Waals surface area contributed by atoms with Gasteiger partial charge in [-0.15, -0.1) is 0 Å². The van der Waals surface area contributed by atoms with Crippen LogP contribution in [0.2, 0.25) is 0 Å². The van der Waals surface area contributed by atoms with Gasteiger partial charge in [0, 0.05) is 13.0 Å². The lowest BCUT2D eigenvalue weighted by atomic mass is 9.92. The topological polar surface area (TPSA) is 50.6 Å². The Labute approximate surface area is 140 Å². The zero-order valence-corrected chi connectivity index (χ0v) is 14.8. The smallest absolute Gasteiger partial charge is 0.240 e. The molecule has 1 aromatic carbocycles. The minimum absolute atomic E-state index is 0.434. The van der Waals surface area contributed by atoms with Gasteiger partial charge in [0.1, 0.15) is 0 Å². The zero-order valence-electron chi connectivity index (χ0n) is 13.9. The van der Waals surface area contributed by atoms with Gasteiger partial charge in [-0.05, 0) is 68.2 Å². The van der Waals surface area contributed by atoms with E-state index in [-0.39, 0.29) is 0 Å². The Kier molecular flexibility index (Phi) is 5.72. The first kappa shape index (κ1) is 16.9. The van der Waals surface area contributed by atoms with E-state index in [1.54, 1.807) is 11.0 Å². The van der Waals surface area contributed by atoms with Crippen LogP contribution in [0.1, 0.15) is 49.7 Å². The largest absolute Gasteiger partial charge is 0.335 e. The molecule has 23 heavy (non-hydrogen) atoms. The van der Waals surface area contributed by atoms with E-state index in [1.165, 1.54) is 56.3 Å². The number of quaternary nitrogens is 1. The molecule has 0 radical (unpaired) electrons. The lowest BCUT2D eigenvalue weighted by Crippen LogP contribution is -3.12. The highest BCUT2D eigenvalue weighted by molar-refractivity contribution is 7.89. The summed E-state index contributed by atoms with van der Waals surface area (Å²) in [4.78, 5) is 2.06. The summed E-state index contributed by atoms with van der Waals surface area (Å²) in [5, 5.41) is 0. The first-order valence-corrected chi connectivity index (χ1v) is 10.6. The Morgan fingerprint density at radius 1 is 0.957 bits per heavy atom. The van der Waals surface area contributed by atoms with Gasteiger partial charge in [0.25, 0.3) is 0 Å². The van der Waals surface area contributed by atoms with Crippen molar-refractivity contribution in [2.45, 2.75) is 56.3 Å². The van der Waals surface area contributed by atoms with Crippen LogP contribution in [0.5, 0.6) is 0 Å². The summed E-state index contributed by atoms with van der Waals surface area (Å²) in [5.41, 5.74) is 2.54. The van der Waals surface area contributed by atoms with Gasteiger partial charge in [0.15, 0.2) is 0 Å². The zero-order chi connectivity index (χ0) is 16.1. The van der Waals surface area contributed by atoms with E-state index >= 15 is 0 Å². The predicted octanol–water partition coefficient (Wildman–Crippen LogP) is 1.30. The number of likely N-dealkylation sites (tertiary alicyclic amines) is 1. The summed E-state index contributed by atoms with van der Waals surface area (Å²) in [6.45, 7) is 4.12. The Bertz CT molecular complexity index is 622. The maximum Gasteiger partial charge on any atom is 0.240 e. The number of hydrogen-bond donors (Lipinski definition) is 2. The molecule has 0 bridgehead atoms. The van der Waals surface area contributed by atoms with E-state index in [0.29, 0.717) is 11.4 Å². The molecule has 1 fully saturated rings. The fourth-order valence-corrected chi connectivity index (χ4v) is 4.93. The van der Waals surface area contributed by atoms with Gasteiger partial charge >= 0.3 is 0 Å². The molecule has 1 saturated heterocycles. The van der Waals surface area contributed by atoms with Crippen LogP contribution < -0.4 is 9.62 Å². The maximum atomic E-state index is 12.5. The van der Waals surface area contributed by atoms with Gasteiger partial charge < -0.3 is 4.90 Å². The van der Waals surface area contributed by atoms with Crippen LogP contribution in [0.15, 0.2) is 23.1 Å². The fourth-order valence-electron chi connectivity index (χ4n) is 3.81. The molecule has 0 atom stereocenters. The molecule has 4 nitrogen and oxygen atoms in total. The number of rotatable bonds is 6. The summed E-state index contributed by atoms with van der Waals surface area (Å²) >= 11 is 0. The van der Waals surface area contributed by atoms with Gasteiger partial charge in [-0.25, -0.2) is 13.1 Å². The van der Waals surface area contributed by atoms with Crippen molar-refractivity contribution in [2.75, 3.05) is 26.2 Å². The summed E-state index contributed by atoms with van der Waals surface area (Å²) in [6.07, 6.45) is 9.39. The number of piperidine rings is 1. The molecule has 0 saturated carbocycles. The monoisotopic (exact) mass is 337 g/mol. The van der Waals surface area contributed by atoms with E-state index < -0.39 is 10.0 Å². The third-order valence-electron chi connectivity index (χ3n) is 5.19. The minimum Gasteiger partial charge on any atom is -0.335 e. The van der Waals surface area contributed by atoms with Gasteiger partial charge in [-0.3, -0.25) is 0 Å². The van der Waals surface area contributed by atoms with Crippen LogP contribution in [0.4, 0.5) is 0 Å². The van der Waals surface area contributed by atoms with Crippen molar-refractivity contribution >= 4 is 10.0 Å². The maximum absolute atomic E-state index is 12.5. The Morgan fingerprint density at radius 3 is 2.48 bits per heavy atom.